The number of ether oxygens (including phenoxy) is 1. The van der Waals surface area contributed by atoms with E-state index in [0.29, 0.717) is 18.8 Å². The molecule has 0 radical (unpaired) electrons. The van der Waals surface area contributed by atoms with Crippen molar-refractivity contribution in [2.75, 3.05) is 51.2 Å². The largest absolute Gasteiger partial charge is 0.491 e. The third-order valence-corrected chi connectivity index (χ3v) is 5.44. The number of hydrogen-bond acceptors (Lipinski definition) is 5. The lowest BCUT2D eigenvalue weighted by molar-refractivity contribution is -0.117. The molecule has 1 saturated heterocycles. The summed E-state index contributed by atoms with van der Waals surface area (Å²) in [5.74, 6) is 0.212. The van der Waals surface area contributed by atoms with Crippen LogP contribution in [-0.4, -0.2) is 72.8 Å². The van der Waals surface area contributed by atoms with Gasteiger partial charge in [0.05, 0.1) is 6.54 Å². The number of amides is 1. The average Bonchev–Trinajstić information content (AvgIpc) is 2.72. The van der Waals surface area contributed by atoms with Gasteiger partial charge in [-0.1, -0.05) is 12.1 Å². The van der Waals surface area contributed by atoms with Crippen molar-refractivity contribution in [2.24, 2.45) is 0 Å². The van der Waals surface area contributed by atoms with Crippen molar-refractivity contribution < 1.29 is 19.0 Å². The van der Waals surface area contributed by atoms with Gasteiger partial charge < -0.3 is 15.2 Å². The summed E-state index contributed by atoms with van der Waals surface area (Å²) in [6, 6.07) is 11.7. The minimum absolute atomic E-state index is 0.00937. The highest BCUT2D eigenvalue weighted by Crippen LogP contribution is 2.18. The minimum Gasteiger partial charge on any atom is -0.491 e. The monoisotopic (exact) mass is 415 g/mol. The zero-order valence-corrected chi connectivity index (χ0v) is 17.6. The summed E-state index contributed by atoms with van der Waals surface area (Å²) in [6.07, 6.45) is -0.630. The van der Waals surface area contributed by atoms with Crippen LogP contribution < -0.4 is 10.1 Å². The summed E-state index contributed by atoms with van der Waals surface area (Å²) in [7, 11) is 0. The standard InChI is InChI=1S/C23H30FN3O3/c1-17-4-3-5-22(18(17)2)25-23(29)15-27-12-10-26(11-13-27)14-20(28)16-30-21-8-6-19(24)7-9-21/h3-9,20,28H,10-16H2,1-2H3,(H,25,29). The number of aliphatic hydroxyl groups is 1. The topological polar surface area (TPSA) is 65.0 Å². The van der Waals surface area contributed by atoms with Crippen LogP contribution >= 0.6 is 0 Å². The molecule has 6 nitrogen and oxygen atoms in total. The van der Waals surface area contributed by atoms with E-state index in [4.69, 9.17) is 4.74 Å². The van der Waals surface area contributed by atoms with Gasteiger partial charge >= 0.3 is 0 Å². The van der Waals surface area contributed by atoms with Gasteiger partial charge in [0.2, 0.25) is 5.91 Å². The molecular weight excluding hydrogens is 385 g/mol. The number of carbonyl (C=O) groups excluding carboxylic acids is 1. The number of anilines is 1. The van der Waals surface area contributed by atoms with Crippen LogP contribution in [0.5, 0.6) is 5.75 Å². The number of nitrogens with one attached hydrogen (secondary N) is 1. The van der Waals surface area contributed by atoms with Crippen LogP contribution in [0.4, 0.5) is 10.1 Å². The Kier molecular flexibility index (Phi) is 7.79. The van der Waals surface area contributed by atoms with Gasteiger partial charge in [-0.25, -0.2) is 4.39 Å². The molecule has 7 heteroatoms. The van der Waals surface area contributed by atoms with Crippen molar-refractivity contribution in [1.82, 2.24) is 9.80 Å². The molecule has 3 rings (SSSR count). The highest BCUT2D eigenvalue weighted by Gasteiger charge is 2.21. The van der Waals surface area contributed by atoms with Crippen LogP contribution in [0.15, 0.2) is 42.5 Å². The molecule has 1 amide bonds. The number of hydrogen-bond donors (Lipinski definition) is 2. The van der Waals surface area contributed by atoms with Gasteiger partial charge in [-0.15, -0.1) is 0 Å². The Hall–Kier alpha value is -2.48. The zero-order valence-electron chi connectivity index (χ0n) is 17.6. The van der Waals surface area contributed by atoms with E-state index in [1.807, 2.05) is 32.0 Å². The number of aliphatic hydroxyl groups excluding tert-OH is 1. The Labute approximate surface area is 177 Å². The maximum absolute atomic E-state index is 12.9. The molecule has 30 heavy (non-hydrogen) atoms. The predicted molar refractivity (Wildman–Crippen MR) is 115 cm³/mol. The number of carbonyl (C=O) groups is 1. The van der Waals surface area contributed by atoms with Crippen LogP contribution in [0.3, 0.4) is 0 Å². The fourth-order valence-electron chi connectivity index (χ4n) is 3.48. The van der Waals surface area contributed by atoms with E-state index < -0.39 is 6.10 Å². The van der Waals surface area contributed by atoms with Crippen LogP contribution in [0.25, 0.3) is 0 Å². The molecule has 1 aliphatic heterocycles. The number of aryl methyl sites for hydroxylation is 1. The Balaban J connectivity index is 1.36. The molecular formula is C23H30FN3O3. The SMILES string of the molecule is Cc1cccc(NC(=O)CN2CCN(CC(O)COc3ccc(F)cc3)CC2)c1C. The summed E-state index contributed by atoms with van der Waals surface area (Å²) in [4.78, 5) is 16.7. The van der Waals surface area contributed by atoms with E-state index in [2.05, 4.69) is 15.1 Å². The third kappa shape index (κ3) is 6.52. The Morgan fingerprint density at radius 1 is 1.10 bits per heavy atom. The molecule has 0 aliphatic carbocycles. The van der Waals surface area contributed by atoms with Gasteiger partial charge in [0, 0.05) is 38.4 Å². The van der Waals surface area contributed by atoms with Crippen LogP contribution in [-0.2, 0) is 4.79 Å². The van der Waals surface area contributed by atoms with Crippen LogP contribution in [0.1, 0.15) is 11.1 Å². The number of halogens is 1. The second-order valence-electron chi connectivity index (χ2n) is 7.79. The first-order valence-electron chi connectivity index (χ1n) is 10.3. The smallest absolute Gasteiger partial charge is 0.238 e. The fourth-order valence-corrected chi connectivity index (χ4v) is 3.48. The molecule has 1 fully saturated rings. The Bertz CT molecular complexity index is 836. The highest BCUT2D eigenvalue weighted by molar-refractivity contribution is 5.93. The molecule has 0 spiro atoms. The molecule has 1 heterocycles. The molecule has 2 N–H and O–H groups in total. The van der Waals surface area contributed by atoms with Crippen LogP contribution in [0.2, 0.25) is 0 Å². The molecule has 1 aliphatic rings. The Morgan fingerprint density at radius 3 is 2.47 bits per heavy atom. The number of benzene rings is 2. The number of β-amino-alcohol motifs (C(OH)–C–C–N with tert-alkyl or cyclic N) is 1. The number of nitrogens with zero attached hydrogens (tertiary/aromatic N) is 2. The predicted octanol–water partition coefficient (Wildman–Crippen LogP) is 2.44. The first-order valence-corrected chi connectivity index (χ1v) is 10.3. The summed E-state index contributed by atoms with van der Waals surface area (Å²) < 4.78 is 18.4. The lowest BCUT2D eigenvalue weighted by Crippen LogP contribution is -2.50. The third-order valence-electron chi connectivity index (χ3n) is 5.44. The minimum atomic E-state index is -0.630. The van der Waals surface area contributed by atoms with Gasteiger partial charge in [0.15, 0.2) is 0 Å². The molecule has 162 valence electrons. The van der Waals surface area contributed by atoms with Gasteiger partial charge in [-0.2, -0.15) is 0 Å². The summed E-state index contributed by atoms with van der Waals surface area (Å²) in [5, 5.41) is 13.2. The molecule has 0 bridgehead atoms. The second-order valence-corrected chi connectivity index (χ2v) is 7.79. The maximum atomic E-state index is 12.9. The second kappa shape index (κ2) is 10.5. The van der Waals surface area contributed by atoms with Crippen molar-refractivity contribution in [3.63, 3.8) is 0 Å². The van der Waals surface area contributed by atoms with Crippen molar-refractivity contribution in [2.45, 2.75) is 20.0 Å². The molecule has 2 aromatic rings. The van der Waals surface area contributed by atoms with Crippen molar-refractivity contribution >= 4 is 11.6 Å². The van der Waals surface area contributed by atoms with E-state index in [-0.39, 0.29) is 18.3 Å². The van der Waals surface area contributed by atoms with Gasteiger partial charge in [0.25, 0.3) is 0 Å². The molecule has 0 aromatic heterocycles. The first kappa shape index (κ1) is 22.2. The molecule has 1 atom stereocenters. The maximum Gasteiger partial charge on any atom is 0.238 e. The van der Waals surface area contributed by atoms with Crippen molar-refractivity contribution in [1.29, 1.82) is 0 Å². The zero-order chi connectivity index (χ0) is 21.5. The highest BCUT2D eigenvalue weighted by atomic mass is 19.1. The van der Waals surface area contributed by atoms with Gasteiger partial charge in [-0.3, -0.25) is 14.6 Å². The number of piperazine rings is 1. The summed E-state index contributed by atoms with van der Waals surface area (Å²) in [5.41, 5.74) is 3.11. The van der Waals surface area contributed by atoms with Gasteiger partial charge in [-0.05, 0) is 55.3 Å². The van der Waals surface area contributed by atoms with Crippen molar-refractivity contribution in [3.8, 4) is 5.75 Å². The number of rotatable bonds is 8. The Morgan fingerprint density at radius 2 is 1.77 bits per heavy atom. The fraction of sp³-hybridized carbons (Fsp3) is 0.435. The van der Waals surface area contributed by atoms with E-state index >= 15 is 0 Å². The first-order chi connectivity index (χ1) is 14.4. The van der Waals surface area contributed by atoms with E-state index in [1.54, 1.807) is 12.1 Å². The van der Waals surface area contributed by atoms with Crippen LogP contribution in [0, 0.1) is 19.7 Å². The quantitative estimate of drug-likeness (QED) is 0.693. The van der Waals surface area contributed by atoms with Gasteiger partial charge in [0.1, 0.15) is 24.3 Å². The van der Waals surface area contributed by atoms with E-state index in [9.17, 15) is 14.3 Å². The molecule has 0 saturated carbocycles. The lowest BCUT2D eigenvalue weighted by Gasteiger charge is -2.35. The average molecular weight is 416 g/mol. The normalized spacial score (nSPS) is 16.3. The lowest BCUT2D eigenvalue weighted by atomic mass is 10.1. The molecule has 1 unspecified atom stereocenters. The summed E-state index contributed by atoms with van der Waals surface area (Å²) >= 11 is 0. The summed E-state index contributed by atoms with van der Waals surface area (Å²) in [6.45, 7) is 8.16. The van der Waals surface area contributed by atoms with E-state index in [0.717, 1.165) is 43.0 Å². The van der Waals surface area contributed by atoms with E-state index in [1.165, 1.54) is 12.1 Å². The molecule has 2 aromatic carbocycles. The van der Waals surface area contributed by atoms with Crippen molar-refractivity contribution in [3.05, 3.63) is 59.4 Å².